The Kier molecular flexibility index (Phi) is 6.23. The zero-order chi connectivity index (χ0) is 21.8. The first-order chi connectivity index (χ1) is 15.0. The number of hydrogen-bond donors (Lipinski definition) is 2. The predicted molar refractivity (Wildman–Crippen MR) is 126 cm³/mol. The number of aromatic nitrogens is 1. The molecule has 1 unspecified atom stereocenters. The van der Waals surface area contributed by atoms with E-state index in [1.807, 2.05) is 30.5 Å². The minimum atomic E-state index is -0.973. The molecule has 6 heteroatoms. The van der Waals surface area contributed by atoms with Crippen LogP contribution in [0.2, 0.25) is 5.02 Å². The third-order valence-corrected chi connectivity index (χ3v) is 5.96. The van der Waals surface area contributed by atoms with Crippen molar-refractivity contribution >= 4 is 34.6 Å². The first-order valence-electron chi connectivity index (χ1n) is 10.3. The van der Waals surface area contributed by atoms with Crippen LogP contribution in [0.1, 0.15) is 40.2 Å². The van der Waals surface area contributed by atoms with Crippen molar-refractivity contribution in [2.75, 3.05) is 17.3 Å². The Morgan fingerprint density at radius 2 is 1.97 bits per heavy atom. The normalized spacial score (nSPS) is 15.5. The van der Waals surface area contributed by atoms with Gasteiger partial charge in [-0.05, 0) is 79.1 Å². The van der Waals surface area contributed by atoms with Gasteiger partial charge in [0.05, 0.1) is 17.4 Å². The minimum absolute atomic E-state index is 0.207. The van der Waals surface area contributed by atoms with Gasteiger partial charge in [0.25, 0.3) is 0 Å². The number of halogens is 1. The molecule has 5 nitrogen and oxygen atoms in total. The van der Waals surface area contributed by atoms with E-state index < -0.39 is 5.97 Å². The molecule has 0 bridgehead atoms. The zero-order valence-corrected chi connectivity index (χ0v) is 18.0. The van der Waals surface area contributed by atoms with Gasteiger partial charge in [-0.2, -0.15) is 0 Å². The van der Waals surface area contributed by atoms with Crippen LogP contribution in [0.3, 0.4) is 0 Å². The van der Waals surface area contributed by atoms with Gasteiger partial charge in [-0.3, -0.25) is 4.98 Å². The SMILES string of the molecule is CN(c1ccc(Cl)cc1)c1ccc2c(c1)CCCC2/C=C/Nc1cnccc1C(=O)O. The largest absolute Gasteiger partial charge is 0.478 e. The highest BCUT2D eigenvalue weighted by atomic mass is 35.5. The third-order valence-electron chi connectivity index (χ3n) is 5.71. The summed E-state index contributed by atoms with van der Waals surface area (Å²) in [6.07, 6.45) is 10.2. The molecule has 2 aromatic carbocycles. The summed E-state index contributed by atoms with van der Waals surface area (Å²) in [6, 6.07) is 15.9. The molecule has 0 radical (unpaired) electrons. The third kappa shape index (κ3) is 4.72. The van der Waals surface area contributed by atoms with Crippen LogP contribution >= 0.6 is 11.6 Å². The highest BCUT2D eigenvalue weighted by molar-refractivity contribution is 6.30. The second-order valence-corrected chi connectivity index (χ2v) is 8.08. The molecule has 0 saturated carbocycles. The summed E-state index contributed by atoms with van der Waals surface area (Å²) in [5, 5.41) is 13.1. The molecule has 158 valence electrons. The summed E-state index contributed by atoms with van der Waals surface area (Å²) in [5.74, 6) is -0.685. The number of aryl methyl sites for hydroxylation is 1. The van der Waals surface area contributed by atoms with Crippen molar-refractivity contribution in [1.82, 2.24) is 4.98 Å². The number of pyridine rings is 1. The van der Waals surface area contributed by atoms with Crippen LogP contribution < -0.4 is 10.2 Å². The molecule has 31 heavy (non-hydrogen) atoms. The number of benzene rings is 2. The first kappa shape index (κ1) is 20.9. The molecule has 0 fully saturated rings. The van der Waals surface area contributed by atoms with Gasteiger partial charge < -0.3 is 15.3 Å². The van der Waals surface area contributed by atoms with E-state index in [0.29, 0.717) is 5.69 Å². The minimum Gasteiger partial charge on any atom is -0.478 e. The smallest absolute Gasteiger partial charge is 0.337 e. The molecule has 1 heterocycles. The Morgan fingerprint density at radius 3 is 2.74 bits per heavy atom. The lowest BCUT2D eigenvalue weighted by atomic mass is 9.82. The van der Waals surface area contributed by atoms with Gasteiger partial charge in [-0.1, -0.05) is 23.7 Å². The van der Waals surface area contributed by atoms with Crippen LogP contribution in [-0.2, 0) is 6.42 Å². The van der Waals surface area contributed by atoms with Gasteiger partial charge in [-0.25, -0.2) is 4.79 Å². The number of aromatic carboxylic acids is 1. The maximum Gasteiger partial charge on any atom is 0.337 e. The van der Waals surface area contributed by atoms with Crippen molar-refractivity contribution in [3.8, 4) is 0 Å². The van der Waals surface area contributed by atoms with Gasteiger partial charge in [0.15, 0.2) is 0 Å². The standard InChI is InChI=1S/C25H24ClN3O2/c1-29(20-7-5-19(26)6-8-20)21-9-10-22-17(3-2-4-18(22)15-21)11-14-28-24-16-27-13-12-23(24)25(30)31/h5-17,28H,2-4H2,1H3,(H,30,31)/b14-11+. The molecule has 2 N–H and O–H groups in total. The van der Waals surface area contributed by atoms with E-state index in [0.717, 1.165) is 35.7 Å². The van der Waals surface area contributed by atoms with Gasteiger partial charge in [0.1, 0.15) is 0 Å². The van der Waals surface area contributed by atoms with E-state index >= 15 is 0 Å². The molecule has 1 atom stereocenters. The number of rotatable bonds is 6. The quantitative estimate of drug-likeness (QED) is 0.481. The van der Waals surface area contributed by atoms with Crippen LogP contribution in [0.25, 0.3) is 0 Å². The lowest BCUT2D eigenvalue weighted by Crippen LogP contribution is -2.13. The van der Waals surface area contributed by atoms with E-state index in [-0.39, 0.29) is 11.5 Å². The number of hydrogen-bond acceptors (Lipinski definition) is 4. The predicted octanol–water partition coefficient (Wildman–Crippen LogP) is 6.25. The number of nitrogens with zero attached hydrogens (tertiary/aromatic N) is 2. The Labute approximate surface area is 187 Å². The fraction of sp³-hybridized carbons (Fsp3) is 0.200. The highest BCUT2D eigenvalue weighted by Crippen LogP contribution is 2.36. The van der Waals surface area contributed by atoms with E-state index in [9.17, 15) is 9.90 Å². The molecule has 1 aliphatic carbocycles. The second kappa shape index (κ2) is 9.23. The Hall–Kier alpha value is -3.31. The van der Waals surface area contributed by atoms with Crippen molar-refractivity contribution in [3.63, 3.8) is 0 Å². The number of nitrogens with one attached hydrogen (secondary N) is 1. The van der Waals surface area contributed by atoms with Gasteiger partial charge in [0, 0.05) is 35.6 Å². The lowest BCUT2D eigenvalue weighted by Gasteiger charge is -2.26. The molecule has 0 spiro atoms. The van der Waals surface area contributed by atoms with Crippen LogP contribution in [0.15, 0.2) is 73.2 Å². The number of fused-ring (bicyclic) bond motifs is 1. The summed E-state index contributed by atoms with van der Waals surface area (Å²) in [7, 11) is 2.06. The highest BCUT2D eigenvalue weighted by Gasteiger charge is 2.19. The van der Waals surface area contributed by atoms with Crippen LogP contribution in [0, 0.1) is 0 Å². The lowest BCUT2D eigenvalue weighted by molar-refractivity contribution is 0.0698. The van der Waals surface area contributed by atoms with Gasteiger partial charge in [0.2, 0.25) is 0 Å². The summed E-state index contributed by atoms with van der Waals surface area (Å²) >= 11 is 6.02. The first-order valence-corrected chi connectivity index (χ1v) is 10.6. The molecule has 0 amide bonds. The van der Waals surface area contributed by atoms with Crippen molar-refractivity contribution in [3.05, 3.63) is 94.9 Å². The van der Waals surface area contributed by atoms with E-state index in [1.54, 1.807) is 0 Å². The number of anilines is 3. The van der Waals surface area contributed by atoms with Gasteiger partial charge >= 0.3 is 5.97 Å². The number of carboxylic acid groups (broad SMARTS) is 1. The second-order valence-electron chi connectivity index (χ2n) is 7.65. The topological polar surface area (TPSA) is 65.5 Å². The Balaban J connectivity index is 1.51. The maximum absolute atomic E-state index is 11.4. The van der Waals surface area contributed by atoms with Crippen molar-refractivity contribution in [2.45, 2.75) is 25.2 Å². The Morgan fingerprint density at radius 1 is 1.19 bits per heavy atom. The summed E-state index contributed by atoms with van der Waals surface area (Å²) in [5.41, 5.74) is 5.60. The summed E-state index contributed by atoms with van der Waals surface area (Å²) in [4.78, 5) is 17.5. The fourth-order valence-electron chi connectivity index (χ4n) is 4.01. The zero-order valence-electron chi connectivity index (χ0n) is 17.3. The number of carbonyl (C=O) groups is 1. The van der Waals surface area contributed by atoms with Crippen molar-refractivity contribution in [2.24, 2.45) is 0 Å². The summed E-state index contributed by atoms with van der Waals surface area (Å²) < 4.78 is 0. The van der Waals surface area contributed by atoms with E-state index in [1.165, 1.54) is 29.6 Å². The molecule has 3 aromatic rings. The fourth-order valence-corrected chi connectivity index (χ4v) is 4.14. The summed E-state index contributed by atoms with van der Waals surface area (Å²) in [6.45, 7) is 0. The monoisotopic (exact) mass is 433 g/mol. The van der Waals surface area contributed by atoms with E-state index in [4.69, 9.17) is 11.6 Å². The van der Waals surface area contributed by atoms with Crippen LogP contribution in [-0.4, -0.2) is 23.1 Å². The van der Waals surface area contributed by atoms with Crippen molar-refractivity contribution in [1.29, 1.82) is 0 Å². The number of carboxylic acids is 1. The average molecular weight is 434 g/mol. The van der Waals surface area contributed by atoms with Crippen LogP contribution in [0.5, 0.6) is 0 Å². The molecule has 0 aliphatic heterocycles. The molecule has 1 aromatic heterocycles. The van der Waals surface area contributed by atoms with Gasteiger partial charge in [-0.15, -0.1) is 0 Å². The molecule has 4 rings (SSSR count). The molecular formula is C25H24ClN3O2. The van der Waals surface area contributed by atoms with Crippen LogP contribution in [0.4, 0.5) is 17.1 Å². The van der Waals surface area contributed by atoms with E-state index in [2.05, 4.69) is 46.5 Å². The maximum atomic E-state index is 11.4. The average Bonchev–Trinajstić information content (AvgIpc) is 2.79. The Bertz CT molecular complexity index is 1110. The number of allylic oxidation sites excluding steroid dienone is 1. The molecular weight excluding hydrogens is 410 g/mol. The molecule has 1 aliphatic rings. The van der Waals surface area contributed by atoms with Crippen molar-refractivity contribution < 1.29 is 9.90 Å². The molecule has 0 saturated heterocycles.